The average molecular weight is 370 g/mol. The van der Waals surface area contributed by atoms with Crippen molar-refractivity contribution in [3.63, 3.8) is 0 Å². The van der Waals surface area contributed by atoms with E-state index in [1.165, 1.54) is 10.8 Å². The molecule has 0 bridgehead atoms. The maximum Gasteiger partial charge on any atom is 0.346 e. The summed E-state index contributed by atoms with van der Waals surface area (Å²) in [6.45, 7) is 0.657. The van der Waals surface area contributed by atoms with Crippen LogP contribution >= 0.6 is 11.3 Å². The van der Waals surface area contributed by atoms with Crippen molar-refractivity contribution in [2.75, 3.05) is 6.54 Å². The second-order valence-corrected chi connectivity index (χ2v) is 7.00. The fourth-order valence-electron chi connectivity index (χ4n) is 2.69. The van der Waals surface area contributed by atoms with Gasteiger partial charge in [0.05, 0.1) is 17.7 Å². The molecule has 7 nitrogen and oxygen atoms in total. The van der Waals surface area contributed by atoms with Gasteiger partial charge in [0.1, 0.15) is 5.76 Å². The monoisotopic (exact) mass is 370 g/mol. The van der Waals surface area contributed by atoms with E-state index in [1.54, 1.807) is 40.4 Å². The molecule has 0 unspecified atom stereocenters. The van der Waals surface area contributed by atoms with Gasteiger partial charge >= 0.3 is 5.69 Å². The van der Waals surface area contributed by atoms with Gasteiger partial charge in [-0.1, -0.05) is 6.07 Å². The summed E-state index contributed by atoms with van der Waals surface area (Å²) < 4.78 is 8.35. The van der Waals surface area contributed by atoms with Gasteiger partial charge in [-0.2, -0.15) is 0 Å². The Morgan fingerprint density at radius 1 is 1.38 bits per heavy atom. The Morgan fingerprint density at radius 2 is 2.27 bits per heavy atom. The van der Waals surface area contributed by atoms with Crippen molar-refractivity contribution >= 4 is 23.3 Å². The molecule has 1 saturated carbocycles. The highest BCUT2D eigenvalue weighted by molar-refractivity contribution is 7.13. The van der Waals surface area contributed by atoms with Gasteiger partial charge in [-0.15, -0.1) is 16.4 Å². The molecule has 0 aliphatic heterocycles. The van der Waals surface area contributed by atoms with E-state index in [-0.39, 0.29) is 17.6 Å². The van der Waals surface area contributed by atoms with Gasteiger partial charge in [-0.25, -0.2) is 9.48 Å². The summed E-state index contributed by atoms with van der Waals surface area (Å²) in [6, 6.07) is 7.69. The molecule has 1 aliphatic carbocycles. The summed E-state index contributed by atoms with van der Waals surface area (Å²) in [7, 11) is 0. The van der Waals surface area contributed by atoms with Gasteiger partial charge < -0.3 is 9.73 Å². The predicted molar refractivity (Wildman–Crippen MR) is 98.8 cm³/mol. The van der Waals surface area contributed by atoms with E-state index < -0.39 is 0 Å². The van der Waals surface area contributed by atoms with Crippen molar-refractivity contribution in [1.29, 1.82) is 0 Å². The molecule has 0 aromatic carbocycles. The molecule has 8 heteroatoms. The van der Waals surface area contributed by atoms with Crippen molar-refractivity contribution in [2.24, 2.45) is 0 Å². The molecule has 3 aromatic rings. The fourth-order valence-corrected chi connectivity index (χ4v) is 3.39. The third-order valence-electron chi connectivity index (χ3n) is 4.09. The van der Waals surface area contributed by atoms with Crippen LogP contribution in [0, 0.1) is 0 Å². The first-order chi connectivity index (χ1) is 12.7. The van der Waals surface area contributed by atoms with Crippen molar-refractivity contribution in [2.45, 2.75) is 25.4 Å². The standard InChI is InChI=1S/C18H18N4O3S/c23-16(8-7-14-3-1-11-25-14)19-9-10-21-18(24)22(13-5-6-13)17(20-21)15-4-2-12-26-15/h1-4,7-8,11-13H,5-6,9-10H2,(H,19,23). The first-order valence-electron chi connectivity index (χ1n) is 8.45. The number of amides is 1. The highest BCUT2D eigenvalue weighted by Crippen LogP contribution is 2.37. The lowest BCUT2D eigenvalue weighted by molar-refractivity contribution is -0.116. The lowest BCUT2D eigenvalue weighted by atomic mass is 10.4. The highest BCUT2D eigenvalue weighted by atomic mass is 32.1. The summed E-state index contributed by atoms with van der Waals surface area (Å²) in [4.78, 5) is 25.5. The van der Waals surface area contributed by atoms with E-state index in [2.05, 4.69) is 10.4 Å². The van der Waals surface area contributed by atoms with Crippen molar-refractivity contribution in [1.82, 2.24) is 19.7 Å². The molecule has 0 atom stereocenters. The lowest BCUT2D eigenvalue weighted by Gasteiger charge is -2.01. The lowest BCUT2D eigenvalue weighted by Crippen LogP contribution is -2.31. The van der Waals surface area contributed by atoms with Gasteiger partial charge in [0.15, 0.2) is 5.82 Å². The number of hydrogen-bond donors (Lipinski definition) is 1. The maximum absolute atomic E-state index is 12.7. The minimum absolute atomic E-state index is 0.115. The molecule has 1 aliphatic rings. The number of carbonyl (C=O) groups excluding carboxylic acids is 1. The van der Waals surface area contributed by atoms with Crippen LogP contribution in [0.15, 0.2) is 51.2 Å². The van der Waals surface area contributed by atoms with Crippen molar-refractivity contribution in [3.05, 3.63) is 58.2 Å². The highest BCUT2D eigenvalue weighted by Gasteiger charge is 2.30. The number of carbonyl (C=O) groups is 1. The van der Waals surface area contributed by atoms with Crippen LogP contribution in [0.4, 0.5) is 0 Å². The van der Waals surface area contributed by atoms with Crippen molar-refractivity contribution in [3.8, 4) is 10.7 Å². The van der Waals surface area contributed by atoms with E-state index in [1.807, 2.05) is 17.5 Å². The molecule has 0 spiro atoms. The van der Waals surface area contributed by atoms with E-state index in [0.29, 0.717) is 18.8 Å². The zero-order chi connectivity index (χ0) is 17.9. The SMILES string of the molecule is O=C(C=Cc1ccco1)NCCn1nc(-c2cccs2)n(C2CC2)c1=O. The molecule has 1 N–H and O–H groups in total. The first-order valence-corrected chi connectivity index (χ1v) is 9.33. The number of thiophene rings is 1. The van der Waals surface area contributed by atoms with E-state index in [9.17, 15) is 9.59 Å². The third-order valence-corrected chi connectivity index (χ3v) is 4.95. The quantitative estimate of drug-likeness (QED) is 0.648. The Kier molecular flexibility index (Phi) is 4.57. The Balaban J connectivity index is 1.41. The van der Waals surface area contributed by atoms with Gasteiger partial charge in [0.2, 0.25) is 5.91 Å². The molecule has 4 rings (SSSR count). The molecule has 0 saturated heterocycles. The van der Waals surface area contributed by atoms with Crippen LogP contribution in [0.3, 0.4) is 0 Å². The summed E-state index contributed by atoms with van der Waals surface area (Å²) in [5, 5.41) is 9.22. The molecule has 3 aromatic heterocycles. The molecular formula is C18H18N4O3S. The predicted octanol–water partition coefficient (Wildman–Crippen LogP) is 2.53. The van der Waals surface area contributed by atoms with E-state index in [0.717, 1.165) is 23.5 Å². The first kappa shape index (κ1) is 16.6. The summed E-state index contributed by atoms with van der Waals surface area (Å²) in [5.41, 5.74) is -0.115. The second kappa shape index (κ2) is 7.17. The molecule has 1 amide bonds. The topological polar surface area (TPSA) is 82.1 Å². The second-order valence-electron chi connectivity index (χ2n) is 6.05. The Bertz CT molecular complexity index is 963. The van der Waals surface area contributed by atoms with Gasteiger partial charge in [0, 0.05) is 18.7 Å². The number of aromatic nitrogens is 3. The molecule has 3 heterocycles. The zero-order valence-corrected chi connectivity index (χ0v) is 14.8. The largest absolute Gasteiger partial charge is 0.465 e. The molecule has 1 fully saturated rings. The van der Waals surface area contributed by atoms with Crippen LogP contribution in [0.25, 0.3) is 16.8 Å². The van der Waals surface area contributed by atoms with Gasteiger partial charge in [-0.3, -0.25) is 9.36 Å². The fraction of sp³-hybridized carbons (Fsp3) is 0.278. The van der Waals surface area contributed by atoms with Crippen LogP contribution in [-0.4, -0.2) is 26.8 Å². The Labute approximate surface area is 153 Å². The normalized spacial score (nSPS) is 14.2. The summed E-state index contributed by atoms with van der Waals surface area (Å²) >= 11 is 1.57. The number of nitrogens with zero attached hydrogens (tertiary/aromatic N) is 3. The molecule has 0 radical (unpaired) electrons. The molecule has 26 heavy (non-hydrogen) atoms. The number of hydrogen-bond acceptors (Lipinski definition) is 5. The zero-order valence-electron chi connectivity index (χ0n) is 14.0. The number of rotatable bonds is 7. The maximum atomic E-state index is 12.7. The number of furan rings is 1. The van der Waals surface area contributed by atoms with Crippen LogP contribution in [-0.2, 0) is 11.3 Å². The van der Waals surface area contributed by atoms with Gasteiger partial charge in [0.25, 0.3) is 0 Å². The van der Waals surface area contributed by atoms with Crippen LogP contribution in [0.1, 0.15) is 24.6 Å². The molecular weight excluding hydrogens is 352 g/mol. The van der Waals surface area contributed by atoms with Crippen LogP contribution < -0.4 is 11.0 Å². The van der Waals surface area contributed by atoms with E-state index in [4.69, 9.17) is 4.42 Å². The Morgan fingerprint density at radius 3 is 2.96 bits per heavy atom. The number of nitrogens with one attached hydrogen (secondary N) is 1. The van der Waals surface area contributed by atoms with E-state index >= 15 is 0 Å². The summed E-state index contributed by atoms with van der Waals surface area (Å²) in [5.74, 6) is 1.09. The minimum atomic E-state index is -0.241. The smallest absolute Gasteiger partial charge is 0.346 e. The van der Waals surface area contributed by atoms with Crippen LogP contribution in [0.5, 0.6) is 0 Å². The van der Waals surface area contributed by atoms with Crippen LogP contribution in [0.2, 0.25) is 0 Å². The van der Waals surface area contributed by atoms with Gasteiger partial charge in [-0.05, 0) is 42.5 Å². The minimum Gasteiger partial charge on any atom is -0.465 e. The Hall–Kier alpha value is -2.87. The molecule has 134 valence electrons. The van der Waals surface area contributed by atoms with Crippen molar-refractivity contribution < 1.29 is 9.21 Å². The third kappa shape index (κ3) is 3.55. The summed E-state index contributed by atoms with van der Waals surface area (Å²) in [6.07, 6.45) is 6.57. The average Bonchev–Trinajstić information content (AvgIpc) is 3.07.